The number of aryl methyl sites for hydroxylation is 2. The lowest BCUT2D eigenvalue weighted by atomic mass is 10.1. The summed E-state index contributed by atoms with van der Waals surface area (Å²) >= 11 is 0. The molecule has 7 heteroatoms. The van der Waals surface area contributed by atoms with E-state index in [1.807, 2.05) is 63.2 Å². The molecule has 4 rings (SSSR count). The predicted molar refractivity (Wildman–Crippen MR) is 137 cm³/mol. The molecule has 7 nitrogen and oxygen atoms in total. The van der Waals surface area contributed by atoms with Crippen LogP contribution >= 0.6 is 0 Å². The van der Waals surface area contributed by atoms with Gasteiger partial charge < -0.3 is 20.3 Å². The highest BCUT2D eigenvalue weighted by Gasteiger charge is 2.35. The van der Waals surface area contributed by atoms with Crippen LogP contribution in [0.25, 0.3) is 0 Å². The topological polar surface area (TPSA) is 87.7 Å². The van der Waals surface area contributed by atoms with Gasteiger partial charge in [-0.25, -0.2) is 0 Å². The van der Waals surface area contributed by atoms with E-state index in [0.717, 1.165) is 28.3 Å². The summed E-state index contributed by atoms with van der Waals surface area (Å²) in [6, 6.07) is 19.9. The summed E-state index contributed by atoms with van der Waals surface area (Å²) in [6.07, 6.45) is 0.131. The maximum Gasteiger partial charge on any atom is 0.255 e. The fraction of sp³-hybridized carbons (Fsp3) is 0.250. The molecule has 3 amide bonds. The highest BCUT2D eigenvalue weighted by atomic mass is 16.5. The number of benzene rings is 3. The first kappa shape index (κ1) is 24.0. The van der Waals surface area contributed by atoms with Crippen molar-refractivity contribution in [1.29, 1.82) is 0 Å². The Morgan fingerprint density at radius 3 is 2.49 bits per heavy atom. The number of carbonyl (C=O) groups excluding carboxylic acids is 3. The van der Waals surface area contributed by atoms with E-state index >= 15 is 0 Å². The molecule has 1 aliphatic rings. The van der Waals surface area contributed by atoms with E-state index in [0.29, 0.717) is 24.4 Å². The van der Waals surface area contributed by atoms with Gasteiger partial charge in [-0.15, -0.1) is 0 Å². The second-order valence-electron chi connectivity index (χ2n) is 8.67. The van der Waals surface area contributed by atoms with Gasteiger partial charge in [0.1, 0.15) is 5.75 Å². The molecule has 1 atom stereocenters. The Balaban J connectivity index is 1.39. The minimum absolute atomic E-state index is 0.101. The van der Waals surface area contributed by atoms with E-state index in [2.05, 4.69) is 10.6 Å². The van der Waals surface area contributed by atoms with Crippen molar-refractivity contribution in [2.24, 2.45) is 5.92 Å². The average molecular weight is 472 g/mol. The Kier molecular flexibility index (Phi) is 7.15. The molecule has 0 unspecified atom stereocenters. The Bertz CT molecular complexity index is 1250. The molecular formula is C28H29N3O4. The number of anilines is 3. The zero-order chi connectivity index (χ0) is 24.9. The zero-order valence-electron chi connectivity index (χ0n) is 20.1. The van der Waals surface area contributed by atoms with Crippen LogP contribution in [-0.2, 0) is 9.59 Å². The number of nitrogens with zero attached hydrogens (tertiary/aromatic N) is 1. The molecule has 1 saturated heterocycles. The first-order valence-corrected chi connectivity index (χ1v) is 11.7. The Morgan fingerprint density at radius 2 is 1.77 bits per heavy atom. The van der Waals surface area contributed by atoms with Crippen LogP contribution < -0.4 is 20.3 Å². The lowest BCUT2D eigenvalue weighted by Crippen LogP contribution is -2.28. The Morgan fingerprint density at radius 1 is 1.00 bits per heavy atom. The summed E-state index contributed by atoms with van der Waals surface area (Å²) in [5.41, 5.74) is 4.52. The minimum Gasteiger partial charge on any atom is -0.494 e. The number of amides is 3. The normalized spacial score (nSPS) is 15.1. The molecule has 0 bridgehead atoms. The molecule has 1 aliphatic heterocycles. The van der Waals surface area contributed by atoms with Gasteiger partial charge >= 0.3 is 0 Å². The highest BCUT2D eigenvalue weighted by Crippen LogP contribution is 2.28. The first-order valence-electron chi connectivity index (χ1n) is 11.7. The first-order chi connectivity index (χ1) is 16.8. The second-order valence-corrected chi connectivity index (χ2v) is 8.67. The van der Waals surface area contributed by atoms with E-state index in [9.17, 15) is 14.4 Å². The van der Waals surface area contributed by atoms with Crippen LogP contribution in [0.1, 0.15) is 34.8 Å². The third kappa shape index (κ3) is 5.69. The maximum absolute atomic E-state index is 12.9. The summed E-state index contributed by atoms with van der Waals surface area (Å²) in [5, 5.41) is 5.78. The summed E-state index contributed by atoms with van der Waals surface area (Å²) < 4.78 is 5.45. The van der Waals surface area contributed by atoms with Crippen molar-refractivity contribution < 1.29 is 19.1 Å². The molecule has 0 saturated carbocycles. The van der Waals surface area contributed by atoms with Crippen molar-refractivity contribution >= 4 is 34.8 Å². The van der Waals surface area contributed by atoms with Gasteiger partial charge in [-0.2, -0.15) is 0 Å². The van der Waals surface area contributed by atoms with Gasteiger partial charge in [0.15, 0.2) is 0 Å². The van der Waals surface area contributed by atoms with Crippen LogP contribution in [0.4, 0.5) is 17.1 Å². The van der Waals surface area contributed by atoms with Crippen LogP contribution in [0, 0.1) is 19.8 Å². The highest BCUT2D eigenvalue weighted by molar-refractivity contribution is 6.06. The minimum atomic E-state index is -0.484. The van der Waals surface area contributed by atoms with Gasteiger partial charge in [-0.1, -0.05) is 23.8 Å². The molecule has 0 aromatic heterocycles. The molecule has 1 heterocycles. The molecule has 0 spiro atoms. The van der Waals surface area contributed by atoms with Crippen LogP contribution in [0.5, 0.6) is 5.75 Å². The molecule has 2 N–H and O–H groups in total. The van der Waals surface area contributed by atoms with Gasteiger partial charge in [0, 0.05) is 35.6 Å². The molecule has 3 aromatic rings. The zero-order valence-corrected chi connectivity index (χ0v) is 20.1. The smallest absolute Gasteiger partial charge is 0.255 e. The van der Waals surface area contributed by atoms with E-state index in [1.165, 1.54) is 0 Å². The van der Waals surface area contributed by atoms with Crippen molar-refractivity contribution in [2.45, 2.75) is 27.2 Å². The molecule has 0 radical (unpaired) electrons. The lowest BCUT2D eigenvalue weighted by molar-refractivity contribution is -0.122. The van der Waals surface area contributed by atoms with Crippen LogP contribution in [0.15, 0.2) is 66.7 Å². The van der Waals surface area contributed by atoms with Crippen LogP contribution in [-0.4, -0.2) is 30.9 Å². The average Bonchev–Trinajstić information content (AvgIpc) is 3.23. The largest absolute Gasteiger partial charge is 0.494 e. The number of carbonyl (C=O) groups is 3. The number of hydrogen-bond acceptors (Lipinski definition) is 4. The summed E-state index contributed by atoms with van der Waals surface area (Å²) in [6.45, 7) is 6.72. The van der Waals surface area contributed by atoms with Crippen molar-refractivity contribution in [3.63, 3.8) is 0 Å². The lowest BCUT2D eigenvalue weighted by Gasteiger charge is -2.17. The molecule has 3 aromatic carbocycles. The monoisotopic (exact) mass is 471 g/mol. The maximum atomic E-state index is 12.9. The number of ether oxygens (including phenoxy) is 1. The Hall–Kier alpha value is -4.13. The van der Waals surface area contributed by atoms with Crippen LogP contribution in [0.2, 0.25) is 0 Å². The standard InChI is InChI=1S/C28H29N3O4/c1-4-35-24-11-9-23(10-12-24)31-17-21(16-26(31)32)28(34)29-22-7-5-6-20(15-22)27(33)30-25-13-8-18(2)14-19(25)3/h5-15,21H,4,16-17H2,1-3H3,(H,29,34)(H,30,33)/t21-/m1/s1. The van der Waals surface area contributed by atoms with Gasteiger partial charge in [0.2, 0.25) is 11.8 Å². The van der Waals surface area contributed by atoms with E-state index in [-0.39, 0.29) is 24.1 Å². The third-order valence-electron chi connectivity index (χ3n) is 5.98. The molecule has 0 aliphatic carbocycles. The molecular weight excluding hydrogens is 442 g/mol. The summed E-state index contributed by atoms with van der Waals surface area (Å²) in [5.74, 6) is -0.360. The quantitative estimate of drug-likeness (QED) is 0.511. The fourth-order valence-electron chi connectivity index (χ4n) is 4.15. The van der Waals surface area contributed by atoms with Crippen LogP contribution in [0.3, 0.4) is 0 Å². The number of nitrogens with one attached hydrogen (secondary N) is 2. The van der Waals surface area contributed by atoms with Gasteiger partial charge in [0.05, 0.1) is 12.5 Å². The molecule has 1 fully saturated rings. The predicted octanol–water partition coefficient (Wildman–Crippen LogP) is 4.95. The van der Waals surface area contributed by atoms with Gasteiger partial charge in [-0.3, -0.25) is 14.4 Å². The Labute approximate surface area is 205 Å². The molecule has 180 valence electrons. The van der Waals surface area contributed by atoms with E-state index in [4.69, 9.17) is 4.74 Å². The second kappa shape index (κ2) is 10.4. The molecule has 35 heavy (non-hydrogen) atoms. The van der Waals surface area contributed by atoms with Crippen molar-refractivity contribution in [3.8, 4) is 5.75 Å². The van der Waals surface area contributed by atoms with Gasteiger partial charge in [0.25, 0.3) is 5.91 Å². The summed E-state index contributed by atoms with van der Waals surface area (Å²) in [7, 11) is 0. The van der Waals surface area contributed by atoms with Crippen molar-refractivity contribution in [1.82, 2.24) is 0 Å². The van der Waals surface area contributed by atoms with Crippen molar-refractivity contribution in [3.05, 3.63) is 83.4 Å². The van der Waals surface area contributed by atoms with E-state index in [1.54, 1.807) is 29.2 Å². The van der Waals surface area contributed by atoms with E-state index < -0.39 is 5.92 Å². The number of rotatable bonds is 7. The van der Waals surface area contributed by atoms with Gasteiger partial charge in [-0.05, 0) is 74.9 Å². The fourth-order valence-corrected chi connectivity index (χ4v) is 4.15. The van der Waals surface area contributed by atoms with Crippen molar-refractivity contribution in [2.75, 3.05) is 28.7 Å². The summed E-state index contributed by atoms with van der Waals surface area (Å²) in [4.78, 5) is 39.9. The SMILES string of the molecule is CCOc1ccc(N2C[C@H](C(=O)Nc3cccc(C(=O)Nc4ccc(C)cc4C)c3)CC2=O)cc1. The number of hydrogen-bond donors (Lipinski definition) is 2. The third-order valence-corrected chi connectivity index (χ3v) is 5.98.